The topological polar surface area (TPSA) is 80.3 Å². The van der Waals surface area contributed by atoms with Crippen molar-refractivity contribution in [1.29, 1.82) is 0 Å². The smallest absolute Gasteiger partial charge is 0.126 e. The van der Waals surface area contributed by atoms with Crippen LogP contribution in [0.15, 0.2) is 30.6 Å². The largest absolute Gasteiger partial charge is 0.383 e. The molecule has 186 valence electrons. The van der Waals surface area contributed by atoms with E-state index in [1.54, 1.807) is 13.3 Å². The summed E-state index contributed by atoms with van der Waals surface area (Å²) in [6, 6.07) is 7.14. The third-order valence-electron chi connectivity index (χ3n) is 7.14. The Kier molecular flexibility index (Phi) is 9.00. The van der Waals surface area contributed by atoms with Gasteiger partial charge in [0.15, 0.2) is 0 Å². The van der Waals surface area contributed by atoms with E-state index in [4.69, 9.17) is 21.1 Å². The Balaban J connectivity index is 1.36. The molecule has 8 heteroatoms. The average molecular weight is 488 g/mol. The van der Waals surface area contributed by atoms with Gasteiger partial charge in [0.05, 0.1) is 11.6 Å². The Bertz CT molecular complexity index is 914. The van der Waals surface area contributed by atoms with Crippen LogP contribution in [0.3, 0.4) is 0 Å². The number of nitrogens with zero attached hydrogens (tertiary/aromatic N) is 2. The van der Waals surface area contributed by atoms with Gasteiger partial charge in [0.1, 0.15) is 11.6 Å². The highest BCUT2D eigenvalue weighted by atomic mass is 35.5. The molecular weight excluding hydrogens is 450 g/mol. The van der Waals surface area contributed by atoms with Gasteiger partial charge in [0.2, 0.25) is 0 Å². The van der Waals surface area contributed by atoms with Crippen LogP contribution in [0, 0.1) is 5.41 Å². The fourth-order valence-corrected chi connectivity index (χ4v) is 5.01. The molecule has 0 unspecified atom stereocenters. The maximum Gasteiger partial charge on any atom is 0.126 e. The molecule has 7 nitrogen and oxygen atoms in total. The molecule has 1 saturated heterocycles. The van der Waals surface area contributed by atoms with Gasteiger partial charge in [-0.25, -0.2) is 9.97 Å². The van der Waals surface area contributed by atoms with Crippen LogP contribution in [0.4, 0.5) is 11.6 Å². The molecule has 0 atom stereocenters. The zero-order valence-electron chi connectivity index (χ0n) is 20.4. The quantitative estimate of drug-likeness (QED) is 0.407. The van der Waals surface area contributed by atoms with Crippen LogP contribution >= 0.6 is 11.6 Å². The number of halogens is 1. The fraction of sp³-hybridized carbons (Fsp3) is 0.615. The molecule has 2 aliphatic rings. The summed E-state index contributed by atoms with van der Waals surface area (Å²) in [5, 5.41) is 11.4. The van der Waals surface area contributed by atoms with Gasteiger partial charge in [-0.15, -0.1) is 0 Å². The molecule has 34 heavy (non-hydrogen) atoms. The molecule has 1 aliphatic heterocycles. The van der Waals surface area contributed by atoms with E-state index in [0.717, 1.165) is 94.2 Å². The first-order valence-corrected chi connectivity index (χ1v) is 12.8. The van der Waals surface area contributed by atoms with Gasteiger partial charge in [0.25, 0.3) is 0 Å². The number of hydrogen-bond acceptors (Lipinski definition) is 7. The number of pyridine rings is 2. The van der Waals surface area contributed by atoms with E-state index >= 15 is 0 Å². The lowest BCUT2D eigenvalue weighted by molar-refractivity contribution is 0.0300. The van der Waals surface area contributed by atoms with Crippen molar-refractivity contribution in [1.82, 2.24) is 15.3 Å². The van der Waals surface area contributed by atoms with E-state index in [1.807, 2.05) is 12.3 Å². The summed E-state index contributed by atoms with van der Waals surface area (Å²) in [5.74, 6) is 1.74. The van der Waals surface area contributed by atoms with Gasteiger partial charge in [-0.05, 0) is 67.7 Å². The molecule has 0 spiro atoms. The van der Waals surface area contributed by atoms with Crippen molar-refractivity contribution in [2.24, 2.45) is 5.41 Å². The van der Waals surface area contributed by atoms with Crippen LogP contribution in [-0.2, 0) is 9.47 Å². The number of nitrogens with one attached hydrogen (secondary N) is 3. The van der Waals surface area contributed by atoms with Crippen LogP contribution in [-0.4, -0.2) is 62.1 Å². The molecule has 1 aliphatic carbocycles. The van der Waals surface area contributed by atoms with Gasteiger partial charge >= 0.3 is 0 Å². The van der Waals surface area contributed by atoms with E-state index in [9.17, 15) is 0 Å². The molecule has 3 heterocycles. The summed E-state index contributed by atoms with van der Waals surface area (Å²) < 4.78 is 10.7. The van der Waals surface area contributed by atoms with E-state index in [0.29, 0.717) is 17.1 Å². The molecule has 0 aromatic carbocycles. The van der Waals surface area contributed by atoms with E-state index in [2.05, 4.69) is 45.0 Å². The molecule has 2 aromatic heterocycles. The van der Waals surface area contributed by atoms with Crippen molar-refractivity contribution >= 4 is 23.2 Å². The lowest BCUT2D eigenvalue weighted by atomic mass is 9.82. The Morgan fingerprint density at radius 1 is 1.09 bits per heavy atom. The second-order valence-electron chi connectivity index (χ2n) is 9.90. The second-order valence-corrected chi connectivity index (χ2v) is 10.3. The molecule has 0 amide bonds. The molecule has 0 bridgehead atoms. The van der Waals surface area contributed by atoms with Crippen molar-refractivity contribution in [2.75, 3.05) is 50.7 Å². The van der Waals surface area contributed by atoms with Crippen molar-refractivity contribution in [3.05, 3.63) is 35.6 Å². The standard InChI is InChI=1S/C26H38ClN5O2/c1-26(8-12-34-13-9-26)18-31-24-15-19(7-10-29-24)22-16-25(30-17-23(22)27)32-21-5-3-20(4-6-21)28-11-14-33-2/h7,10,15-17,20-21,28H,3-6,8-9,11-14,18H2,1-2H3,(H,29,31)(H,30,32). The minimum Gasteiger partial charge on any atom is -0.383 e. The highest BCUT2D eigenvalue weighted by Gasteiger charge is 2.27. The number of hydrogen-bond donors (Lipinski definition) is 3. The van der Waals surface area contributed by atoms with Gasteiger partial charge in [-0.2, -0.15) is 0 Å². The number of methoxy groups -OCH3 is 1. The fourth-order valence-electron chi connectivity index (χ4n) is 4.79. The maximum absolute atomic E-state index is 6.56. The first-order valence-electron chi connectivity index (χ1n) is 12.5. The molecule has 2 fully saturated rings. The molecule has 3 N–H and O–H groups in total. The van der Waals surface area contributed by atoms with E-state index in [1.165, 1.54) is 0 Å². The van der Waals surface area contributed by atoms with Crippen LogP contribution in [0.1, 0.15) is 45.4 Å². The first kappa shape index (κ1) is 25.2. The molecule has 2 aromatic rings. The van der Waals surface area contributed by atoms with Crippen LogP contribution in [0.5, 0.6) is 0 Å². The Labute approximate surface area is 208 Å². The monoisotopic (exact) mass is 487 g/mol. The summed E-state index contributed by atoms with van der Waals surface area (Å²) in [7, 11) is 1.74. The molecule has 1 saturated carbocycles. The highest BCUT2D eigenvalue weighted by molar-refractivity contribution is 6.33. The predicted octanol–water partition coefficient (Wildman–Crippen LogP) is 4.98. The minimum atomic E-state index is 0.236. The Morgan fingerprint density at radius 3 is 2.62 bits per heavy atom. The normalized spacial score (nSPS) is 22.3. The Hall–Kier alpha value is -1.93. The van der Waals surface area contributed by atoms with E-state index < -0.39 is 0 Å². The zero-order valence-corrected chi connectivity index (χ0v) is 21.2. The van der Waals surface area contributed by atoms with Crippen molar-refractivity contribution in [3.8, 4) is 11.1 Å². The molecule has 0 radical (unpaired) electrons. The average Bonchev–Trinajstić information content (AvgIpc) is 2.86. The SMILES string of the molecule is COCCNC1CCC(Nc2cc(-c3ccnc(NCC4(C)CCOCC4)c3)c(Cl)cn2)CC1. The van der Waals surface area contributed by atoms with Crippen LogP contribution in [0.2, 0.25) is 5.02 Å². The lowest BCUT2D eigenvalue weighted by Crippen LogP contribution is -2.38. The third-order valence-corrected chi connectivity index (χ3v) is 7.44. The zero-order chi connectivity index (χ0) is 23.8. The van der Waals surface area contributed by atoms with Gasteiger partial charge in [-0.1, -0.05) is 18.5 Å². The van der Waals surface area contributed by atoms with Gasteiger partial charge < -0.3 is 25.4 Å². The minimum absolute atomic E-state index is 0.236. The van der Waals surface area contributed by atoms with Crippen LogP contribution in [0.25, 0.3) is 11.1 Å². The molecule has 4 rings (SSSR count). The lowest BCUT2D eigenvalue weighted by Gasteiger charge is -2.33. The third kappa shape index (κ3) is 7.04. The van der Waals surface area contributed by atoms with E-state index in [-0.39, 0.29) is 5.41 Å². The second kappa shape index (κ2) is 12.2. The summed E-state index contributed by atoms with van der Waals surface area (Å²) in [6.07, 6.45) is 10.3. The predicted molar refractivity (Wildman–Crippen MR) is 139 cm³/mol. The van der Waals surface area contributed by atoms with Gasteiger partial charge in [0, 0.05) is 63.5 Å². The number of anilines is 2. The number of ether oxygens (including phenoxy) is 2. The summed E-state index contributed by atoms with van der Waals surface area (Å²) in [6.45, 7) is 6.54. The summed E-state index contributed by atoms with van der Waals surface area (Å²) in [4.78, 5) is 9.08. The van der Waals surface area contributed by atoms with Gasteiger partial charge in [-0.3, -0.25) is 0 Å². The molecular formula is C26H38ClN5O2. The number of rotatable bonds is 10. The maximum atomic E-state index is 6.56. The number of aromatic nitrogens is 2. The van der Waals surface area contributed by atoms with Crippen molar-refractivity contribution < 1.29 is 9.47 Å². The van der Waals surface area contributed by atoms with Crippen molar-refractivity contribution in [2.45, 2.75) is 57.5 Å². The Morgan fingerprint density at radius 2 is 1.85 bits per heavy atom. The summed E-state index contributed by atoms with van der Waals surface area (Å²) in [5.41, 5.74) is 2.24. The summed E-state index contributed by atoms with van der Waals surface area (Å²) >= 11 is 6.56. The van der Waals surface area contributed by atoms with Crippen molar-refractivity contribution in [3.63, 3.8) is 0 Å². The van der Waals surface area contributed by atoms with Crippen LogP contribution < -0.4 is 16.0 Å². The highest BCUT2D eigenvalue weighted by Crippen LogP contribution is 2.33. The first-order chi connectivity index (χ1) is 16.5.